The molecule has 90 valence electrons. The first-order valence-corrected chi connectivity index (χ1v) is 6.00. The molecule has 0 aliphatic heterocycles. The molecule has 1 aromatic carbocycles. The zero-order valence-corrected chi connectivity index (χ0v) is 11.2. The molecule has 0 heterocycles. The summed E-state index contributed by atoms with van der Waals surface area (Å²) in [4.78, 5) is 0. The third kappa shape index (κ3) is 3.34. The fraction of sp³-hybridized carbons (Fsp3) is 0.600. The van der Waals surface area contributed by atoms with E-state index in [-0.39, 0.29) is 5.41 Å². The molecule has 0 fully saturated rings. The lowest BCUT2D eigenvalue weighted by Gasteiger charge is -2.35. The van der Waals surface area contributed by atoms with Gasteiger partial charge in [-0.1, -0.05) is 58.0 Å². The van der Waals surface area contributed by atoms with Gasteiger partial charge in [-0.3, -0.25) is 0 Å². The van der Waals surface area contributed by atoms with Crippen molar-refractivity contribution in [2.24, 2.45) is 11.3 Å². The highest BCUT2D eigenvalue weighted by atomic mass is 16.5. The maximum atomic E-state index is 5.37. The molecule has 1 heteroatoms. The summed E-state index contributed by atoms with van der Waals surface area (Å²) in [5, 5.41) is 0. The number of hydrogen-bond donors (Lipinski definition) is 0. The van der Waals surface area contributed by atoms with E-state index in [1.807, 2.05) is 0 Å². The second-order valence-corrected chi connectivity index (χ2v) is 5.63. The fourth-order valence-corrected chi connectivity index (χ4v) is 2.31. The van der Waals surface area contributed by atoms with Crippen LogP contribution in [-0.4, -0.2) is 13.7 Å². The first-order chi connectivity index (χ1) is 7.46. The fourth-order valence-electron chi connectivity index (χ4n) is 2.31. The van der Waals surface area contributed by atoms with E-state index >= 15 is 0 Å². The van der Waals surface area contributed by atoms with Gasteiger partial charge >= 0.3 is 0 Å². The summed E-state index contributed by atoms with van der Waals surface area (Å²) < 4.78 is 5.37. The van der Waals surface area contributed by atoms with Crippen molar-refractivity contribution in [1.29, 1.82) is 0 Å². The van der Waals surface area contributed by atoms with Gasteiger partial charge in [0.15, 0.2) is 0 Å². The number of hydrogen-bond acceptors (Lipinski definition) is 1. The third-order valence-electron chi connectivity index (χ3n) is 3.39. The van der Waals surface area contributed by atoms with E-state index in [1.54, 1.807) is 7.11 Å². The SMILES string of the molecule is COC[C@H]([C@@H](C)c1ccccc1)C(C)(C)C. The Morgan fingerprint density at radius 2 is 1.69 bits per heavy atom. The van der Waals surface area contributed by atoms with Gasteiger partial charge < -0.3 is 4.74 Å². The lowest BCUT2D eigenvalue weighted by molar-refractivity contribution is 0.0754. The zero-order valence-electron chi connectivity index (χ0n) is 11.2. The summed E-state index contributed by atoms with van der Waals surface area (Å²) in [6.07, 6.45) is 0. The predicted octanol–water partition coefficient (Wildman–Crippen LogP) is 4.10. The first-order valence-electron chi connectivity index (χ1n) is 6.00. The van der Waals surface area contributed by atoms with Gasteiger partial charge in [0.05, 0.1) is 6.61 Å². The molecule has 1 nitrogen and oxygen atoms in total. The van der Waals surface area contributed by atoms with E-state index in [4.69, 9.17) is 4.74 Å². The van der Waals surface area contributed by atoms with Crippen LogP contribution < -0.4 is 0 Å². The summed E-state index contributed by atoms with van der Waals surface area (Å²) in [6.45, 7) is 9.98. The number of methoxy groups -OCH3 is 1. The van der Waals surface area contributed by atoms with Crippen LogP contribution in [-0.2, 0) is 4.74 Å². The summed E-state index contributed by atoms with van der Waals surface area (Å²) in [5.41, 5.74) is 1.67. The van der Waals surface area contributed by atoms with Crippen molar-refractivity contribution in [3.05, 3.63) is 35.9 Å². The van der Waals surface area contributed by atoms with Crippen molar-refractivity contribution in [3.8, 4) is 0 Å². The van der Waals surface area contributed by atoms with Gasteiger partial charge in [-0.2, -0.15) is 0 Å². The summed E-state index contributed by atoms with van der Waals surface area (Å²) in [5.74, 6) is 1.07. The van der Waals surface area contributed by atoms with Crippen LogP contribution in [0.25, 0.3) is 0 Å². The molecule has 0 amide bonds. The van der Waals surface area contributed by atoms with Crippen molar-refractivity contribution in [3.63, 3.8) is 0 Å². The maximum absolute atomic E-state index is 5.37. The highest BCUT2D eigenvalue weighted by molar-refractivity contribution is 5.20. The van der Waals surface area contributed by atoms with E-state index in [2.05, 4.69) is 58.0 Å². The number of rotatable bonds is 4. The van der Waals surface area contributed by atoms with E-state index in [0.717, 1.165) is 6.61 Å². The molecule has 0 bridgehead atoms. The molecule has 1 aromatic rings. The smallest absolute Gasteiger partial charge is 0.0501 e. The molecule has 0 aromatic heterocycles. The quantitative estimate of drug-likeness (QED) is 0.742. The summed E-state index contributed by atoms with van der Waals surface area (Å²) >= 11 is 0. The number of benzene rings is 1. The molecule has 0 N–H and O–H groups in total. The van der Waals surface area contributed by atoms with E-state index in [0.29, 0.717) is 11.8 Å². The lowest BCUT2D eigenvalue weighted by atomic mass is 9.72. The van der Waals surface area contributed by atoms with Crippen LogP contribution in [0.2, 0.25) is 0 Å². The van der Waals surface area contributed by atoms with Crippen LogP contribution in [0, 0.1) is 11.3 Å². The monoisotopic (exact) mass is 220 g/mol. The van der Waals surface area contributed by atoms with Crippen LogP contribution in [0.4, 0.5) is 0 Å². The Morgan fingerprint density at radius 1 is 1.12 bits per heavy atom. The molecule has 0 saturated heterocycles. The van der Waals surface area contributed by atoms with Gasteiger partial charge in [-0.25, -0.2) is 0 Å². The highest BCUT2D eigenvalue weighted by Gasteiger charge is 2.30. The lowest BCUT2D eigenvalue weighted by Crippen LogP contribution is -2.29. The standard InChI is InChI=1S/C15H24O/c1-12(13-9-7-6-8-10-13)14(11-16-5)15(2,3)4/h6-10,12,14H,11H2,1-5H3/t12-,14+/m0/s1. The van der Waals surface area contributed by atoms with Crippen LogP contribution in [0.15, 0.2) is 30.3 Å². The Balaban J connectivity index is 2.87. The van der Waals surface area contributed by atoms with Crippen LogP contribution in [0.5, 0.6) is 0 Å². The van der Waals surface area contributed by atoms with Crippen molar-refractivity contribution < 1.29 is 4.74 Å². The van der Waals surface area contributed by atoms with Gasteiger partial charge in [-0.05, 0) is 22.8 Å². The van der Waals surface area contributed by atoms with Crippen LogP contribution >= 0.6 is 0 Å². The second-order valence-electron chi connectivity index (χ2n) is 5.63. The molecule has 0 radical (unpaired) electrons. The molecular weight excluding hydrogens is 196 g/mol. The van der Waals surface area contributed by atoms with Crippen LogP contribution in [0.3, 0.4) is 0 Å². The second kappa shape index (κ2) is 5.49. The Bertz CT molecular complexity index is 297. The van der Waals surface area contributed by atoms with E-state index < -0.39 is 0 Å². The predicted molar refractivity (Wildman–Crippen MR) is 69.7 cm³/mol. The molecule has 1 rings (SSSR count). The molecule has 16 heavy (non-hydrogen) atoms. The van der Waals surface area contributed by atoms with Gasteiger partial charge in [-0.15, -0.1) is 0 Å². The van der Waals surface area contributed by atoms with Gasteiger partial charge in [0, 0.05) is 7.11 Å². The van der Waals surface area contributed by atoms with Crippen LogP contribution in [0.1, 0.15) is 39.2 Å². The normalized spacial score (nSPS) is 15.8. The minimum Gasteiger partial charge on any atom is -0.384 e. The molecule has 0 spiro atoms. The topological polar surface area (TPSA) is 9.23 Å². The first kappa shape index (κ1) is 13.2. The van der Waals surface area contributed by atoms with E-state index in [1.165, 1.54) is 5.56 Å². The average Bonchev–Trinajstić information content (AvgIpc) is 2.25. The van der Waals surface area contributed by atoms with Crippen molar-refractivity contribution >= 4 is 0 Å². The zero-order chi connectivity index (χ0) is 12.2. The van der Waals surface area contributed by atoms with Crippen molar-refractivity contribution in [2.45, 2.75) is 33.6 Å². The van der Waals surface area contributed by atoms with E-state index in [9.17, 15) is 0 Å². The molecule has 0 aliphatic rings. The Morgan fingerprint density at radius 3 is 2.12 bits per heavy atom. The Kier molecular flexibility index (Phi) is 4.55. The highest BCUT2D eigenvalue weighted by Crippen LogP contribution is 2.37. The summed E-state index contributed by atoms with van der Waals surface area (Å²) in [6, 6.07) is 10.7. The molecule has 2 atom stereocenters. The van der Waals surface area contributed by atoms with Crippen molar-refractivity contribution in [1.82, 2.24) is 0 Å². The molecular formula is C15H24O. The average molecular weight is 220 g/mol. The molecule has 0 unspecified atom stereocenters. The molecule has 0 saturated carbocycles. The maximum Gasteiger partial charge on any atom is 0.0501 e. The minimum absolute atomic E-state index is 0.269. The Hall–Kier alpha value is -0.820. The Labute approximate surface area is 99.8 Å². The van der Waals surface area contributed by atoms with Gasteiger partial charge in [0.25, 0.3) is 0 Å². The summed E-state index contributed by atoms with van der Waals surface area (Å²) in [7, 11) is 1.79. The molecule has 0 aliphatic carbocycles. The largest absolute Gasteiger partial charge is 0.384 e. The van der Waals surface area contributed by atoms with Gasteiger partial charge in [0.2, 0.25) is 0 Å². The van der Waals surface area contributed by atoms with Gasteiger partial charge in [0.1, 0.15) is 0 Å². The number of ether oxygens (including phenoxy) is 1. The third-order valence-corrected chi connectivity index (χ3v) is 3.39. The minimum atomic E-state index is 0.269. The van der Waals surface area contributed by atoms with Crippen molar-refractivity contribution in [2.75, 3.05) is 13.7 Å².